The van der Waals surface area contributed by atoms with Crippen molar-refractivity contribution in [3.05, 3.63) is 12.2 Å². The second kappa shape index (κ2) is 4.55. The van der Waals surface area contributed by atoms with Crippen molar-refractivity contribution >= 4 is 12.0 Å². The molecule has 56 valence electrons. The van der Waals surface area contributed by atoms with Crippen LogP contribution in [0.1, 0.15) is 13.3 Å². The Morgan fingerprint density at radius 2 is 2.20 bits per heavy atom. The molecule has 0 heterocycles. The van der Waals surface area contributed by atoms with E-state index in [4.69, 9.17) is 5.11 Å². The molecule has 2 N–H and O–H groups in total. The van der Waals surface area contributed by atoms with Gasteiger partial charge in [0.25, 0.3) is 5.91 Å². The van der Waals surface area contributed by atoms with Crippen LogP contribution < -0.4 is 5.32 Å². The molecule has 0 atom stereocenters. The van der Waals surface area contributed by atoms with E-state index in [0.717, 1.165) is 0 Å². The number of allylic oxidation sites excluding steroid dienone is 1. The highest BCUT2D eigenvalue weighted by molar-refractivity contribution is 5.97. The van der Waals surface area contributed by atoms with Crippen molar-refractivity contribution in [2.75, 3.05) is 0 Å². The predicted octanol–water partition coefficient (Wildman–Crippen LogP) is 0.747. The normalized spacial score (nSPS) is 9.70. The summed E-state index contributed by atoms with van der Waals surface area (Å²) in [6.07, 6.45) is 2.16. The molecule has 0 bridgehead atoms. The van der Waals surface area contributed by atoms with E-state index in [1.165, 1.54) is 6.08 Å². The summed E-state index contributed by atoms with van der Waals surface area (Å²) in [7, 11) is 0. The van der Waals surface area contributed by atoms with Gasteiger partial charge in [0.05, 0.1) is 0 Å². The quantitative estimate of drug-likeness (QED) is 0.560. The Bertz CT molecular complexity index is 162. The Morgan fingerprint density at radius 3 is 2.60 bits per heavy atom. The molecule has 10 heavy (non-hydrogen) atoms. The van der Waals surface area contributed by atoms with Crippen LogP contribution in [0.5, 0.6) is 0 Å². The largest absolute Gasteiger partial charge is 0.465 e. The van der Waals surface area contributed by atoms with Gasteiger partial charge in [0.1, 0.15) is 0 Å². The third-order valence-corrected chi connectivity index (χ3v) is 0.735. The second-order valence-corrected chi connectivity index (χ2v) is 1.61. The first-order valence-electron chi connectivity index (χ1n) is 2.87. The van der Waals surface area contributed by atoms with Crippen LogP contribution in [-0.2, 0) is 4.79 Å². The molecule has 0 aromatic carbocycles. The summed E-state index contributed by atoms with van der Waals surface area (Å²) in [5.41, 5.74) is 0. The van der Waals surface area contributed by atoms with Crippen molar-refractivity contribution in [2.24, 2.45) is 0 Å². The standard InChI is InChI=1S/C6H9NO3/c1-2-3-4-5(8)7-6(9)10/h3-4H,2H2,1H3,(H,7,8)(H,9,10). The van der Waals surface area contributed by atoms with Gasteiger partial charge in [-0.1, -0.05) is 13.0 Å². The first-order valence-corrected chi connectivity index (χ1v) is 2.87. The molecule has 0 aromatic rings. The lowest BCUT2D eigenvalue weighted by atomic mass is 10.4. The van der Waals surface area contributed by atoms with Gasteiger partial charge in [-0.05, 0) is 12.5 Å². The maximum absolute atomic E-state index is 10.4. The fourth-order valence-electron chi connectivity index (χ4n) is 0.372. The van der Waals surface area contributed by atoms with Gasteiger partial charge >= 0.3 is 6.09 Å². The van der Waals surface area contributed by atoms with Crippen LogP contribution >= 0.6 is 0 Å². The number of hydrogen-bond donors (Lipinski definition) is 2. The SMILES string of the molecule is CCC=CC(=O)NC(=O)O. The zero-order valence-corrected chi connectivity index (χ0v) is 5.63. The number of nitrogens with one attached hydrogen (secondary N) is 1. The highest BCUT2D eigenvalue weighted by Crippen LogP contribution is 1.78. The van der Waals surface area contributed by atoms with Crippen LogP contribution in [0, 0.1) is 0 Å². The van der Waals surface area contributed by atoms with Gasteiger partial charge in [0.15, 0.2) is 0 Å². The van der Waals surface area contributed by atoms with Gasteiger partial charge in [-0.3, -0.25) is 10.1 Å². The van der Waals surface area contributed by atoms with Gasteiger partial charge in [-0.15, -0.1) is 0 Å². The monoisotopic (exact) mass is 143 g/mol. The molecule has 0 saturated carbocycles. The third kappa shape index (κ3) is 4.83. The Kier molecular flexibility index (Phi) is 3.95. The summed E-state index contributed by atoms with van der Waals surface area (Å²) in [5, 5.41) is 9.69. The fraction of sp³-hybridized carbons (Fsp3) is 0.333. The van der Waals surface area contributed by atoms with Crippen molar-refractivity contribution < 1.29 is 14.7 Å². The maximum atomic E-state index is 10.4. The zero-order valence-electron chi connectivity index (χ0n) is 5.63. The molecule has 4 nitrogen and oxygen atoms in total. The van der Waals surface area contributed by atoms with E-state index < -0.39 is 12.0 Å². The predicted molar refractivity (Wildman–Crippen MR) is 35.6 cm³/mol. The van der Waals surface area contributed by atoms with Crippen molar-refractivity contribution in [1.82, 2.24) is 5.32 Å². The minimum Gasteiger partial charge on any atom is -0.465 e. The molecule has 0 radical (unpaired) electrons. The van der Waals surface area contributed by atoms with E-state index in [2.05, 4.69) is 0 Å². The second-order valence-electron chi connectivity index (χ2n) is 1.61. The minimum atomic E-state index is -1.33. The third-order valence-electron chi connectivity index (χ3n) is 0.735. The Hall–Kier alpha value is -1.32. The van der Waals surface area contributed by atoms with Crippen molar-refractivity contribution in [3.63, 3.8) is 0 Å². The number of carbonyl (C=O) groups is 2. The summed E-state index contributed by atoms with van der Waals surface area (Å²) in [6, 6.07) is 0. The molecular weight excluding hydrogens is 134 g/mol. The summed E-state index contributed by atoms with van der Waals surface area (Å²) < 4.78 is 0. The number of carbonyl (C=O) groups excluding carboxylic acids is 1. The first-order chi connectivity index (χ1) is 4.66. The summed E-state index contributed by atoms with van der Waals surface area (Å²) in [4.78, 5) is 20.2. The van der Waals surface area contributed by atoms with E-state index >= 15 is 0 Å². The smallest absolute Gasteiger partial charge is 0.411 e. The van der Waals surface area contributed by atoms with E-state index in [1.807, 2.05) is 6.92 Å². The van der Waals surface area contributed by atoms with E-state index in [0.29, 0.717) is 6.42 Å². The van der Waals surface area contributed by atoms with Crippen molar-refractivity contribution in [1.29, 1.82) is 0 Å². The van der Waals surface area contributed by atoms with Crippen molar-refractivity contribution in [2.45, 2.75) is 13.3 Å². The number of carboxylic acid groups (broad SMARTS) is 1. The molecular formula is C6H9NO3. The van der Waals surface area contributed by atoms with Crippen LogP contribution in [0.4, 0.5) is 4.79 Å². The van der Waals surface area contributed by atoms with E-state index in [1.54, 1.807) is 11.4 Å². The molecule has 0 unspecified atom stereocenters. The molecule has 0 saturated heterocycles. The van der Waals surface area contributed by atoms with Crippen LogP contribution in [0.3, 0.4) is 0 Å². The van der Waals surface area contributed by atoms with Gasteiger partial charge in [-0.2, -0.15) is 0 Å². The molecule has 0 fully saturated rings. The number of rotatable bonds is 2. The molecule has 0 aromatic heterocycles. The van der Waals surface area contributed by atoms with Crippen molar-refractivity contribution in [3.8, 4) is 0 Å². The van der Waals surface area contributed by atoms with Crippen LogP contribution in [-0.4, -0.2) is 17.1 Å². The fourth-order valence-corrected chi connectivity index (χ4v) is 0.372. The Balaban J connectivity index is 3.64. The zero-order chi connectivity index (χ0) is 7.98. The summed E-state index contributed by atoms with van der Waals surface area (Å²) >= 11 is 0. The molecule has 0 spiro atoms. The van der Waals surface area contributed by atoms with Crippen LogP contribution in [0.15, 0.2) is 12.2 Å². The molecule has 4 heteroatoms. The van der Waals surface area contributed by atoms with E-state index in [-0.39, 0.29) is 0 Å². The Labute approximate surface area is 58.5 Å². The average Bonchev–Trinajstić information content (AvgIpc) is 1.82. The minimum absolute atomic E-state index is 0.602. The maximum Gasteiger partial charge on any atom is 0.411 e. The molecule has 0 aliphatic carbocycles. The number of imide groups is 1. The van der Waals surface area contributed by atoms with Gasteiger partial charge in [0, 0.05) is 0 Å². The lowest BCUT2D eigenvalue weighted by molar-refractivity contribution is -0.115. The highest BCUT2D eigenvalue weighted by Gasteiger charge is 1.98. The lowest BCUT2D eigenvalue weighted by Gasteiger charge is -1.90. The van der Waals surface area contributed by atoms with E-state index in [9.17, 15) is 9.59 Å². The summed E-state index contributed by atoms with van der Waals surface area (Å²) in [5.74, 6) is -0.602. The number of hydrogen-bond acceptors (Lipinski definition) is 2. The van der Waals surface area contributed by atoms with Crippen LogP contribution in [0.25, 0.3) is 0 Å². The summed E-state index contributed by atoms with van der Waals surface area (Å²) in [6.45, 7) is 1.85. The molecule has 0 aliphatic heterocycles. The van der Waals surface area contributed by atoms with Crippen LogP contribution in [0.2, 0.25) is 0 Å². The average molecular weight is 143 g/mol. The van der Waals surface area contributed by atoms with Gasteiger partial charge in [0.2, 0.25) is 0 Å². The molecule has 0 rings (SSSR count). The molecule has 2 amide bonds. The Morgan fingerprint density at radius 1 is 1.60 bits per heavy atom. The lowest BCUT2D eigenvalue weighted by Crippen LogP contribution is -2.26. The molecule has 0 aliphatic rings. The first kappa shape index (κ1) is 8.68. The number of amides is 2. The van der Waals surface area contributed by atoms with Gasteiger partial charge in [-0.25, -0.2) is 4.79 Å². The topological polar surface area (TPSA) is 66.4 Å². The van der Waals surface area contributed by atoms with Gasteiger partial charge < -0.3 is 5.11 Å². The highest BCUT2D eigenvalue weighted by atomic mass is 16.4.